The van der Waals surface area contributed by atoms with Crippen molar-refractivity contribution in [1.29, 1.82) is 0 Å². The predicted molar refractivity (Wildman–Crippen MR) is 57.1 cm³/mol. The van der Waals surface area contributed by atoms with E-state index in [0.29, 0.717) is 11.1 Å². The largest absolute Gasteiger partial charge is 0.485 e. The first-order valence-electron chi connectivity index (χ1n) is 5.03. The Morgan fingerprint density at radius 1 is 1.36 bits per heavy atom. The van der Waals surface area contributed by atoms with E-state index in [4.69, 9.17) is 16.3 Å². The molecule has 1 aliphatic heterocycles. The van der Waals surface area contributed by atoms with Crippen LogP contribution in [0.5, 0.6) is 5.75 Å². The standard InChI is InChI=1S/C11H12ClNO/c12-8-2-1-3-9-11(8)14-10(6-13-9)7-4-5-7/h1-3,7,10,13H,4-6H2. The van der Waals surface area contributed by atoms with Crippen molar-refractivity contribution in [3.8, 4) is 5.75 Å². The molecule has 3 heteroatoms. The Morgan fingerprint density at radius 3 is 3.00 bits per heavy atom. The minimum Gasteiger partial charge on any atom is -0.485 e. The van der Waals surface area contributed by atoms with Gasteiger partial charge in [-0.15, -0.1) is 0 Å². The maximum atomic E-state index is 6.07. The molecule has 1 N–H and O–H groups in total. The zero-order valence-electron chi connectivity index (χ0n) is 7.79. The molecule has 3 rings (SSSR count). The van der Waals surface area contributed by atoms with E-state index in [1.807, 2.05) is 18.2 Å². The third kappa shape index (κ3) is 1.34. The topological polar surface area (TPSA) is 21.3 Å². The molecule has 1 heterocycles. The van der Waals surface area contributed by atoms with E-state index in [-0.39, 0.29) is 0 Å². The average molecular weight is 210 g/mol. The highest BCUT2D eigenvalue weighted by molar-refractivity contribution is 6.32. The van der Waals surface area contributed by atoms with Gasteiger partial charge in [-0.05, 0) is 30.9 Å². The average Bonchev–Trinajstić information content (AvgIpc) is 3.01. The van der Waals surface area contributed by atoms with Crippen LogP contribution >= 0.6 is 11.6 Å². The lowest BCUT2D eigenvalue weighted by atomic mass is 10.1. The summed E-state index contributed by atoms with van der Waals surface area (Å²) < 4.78 is 5.89. The third-order valence-corrected chi connectivity index (χ3v) is 3.18. The van der Waals surface area contributed by atoms with Gasteiger partial charge < -0.3 is 10.1 Å². The smallest absolute Gasteiger partial charge is 0.161 e. The van der Waals surface area contributed by atoms with Crippen LogP contribution in [0.4, 0.5) is 5.69 Å². The van der Waals surface area contributed by atoms with Gasteiger partial charge in [0.1, 0.15) is 6.10 Å². The first-order valence-corrected chi connectivity index (χ1v) is 5.41. The molecule has 1 unspecified atom stereocenters. The molecule has 0 spiro atoms. The van der Waals surface area contributed by atoms with Crippen molar-refractivity contribution >= 4 is 17.3 Å². The van der Waals surface area contributed by atoms with Crippen LogP contribution in [0, 0.1) is 5.92 Å². The quantitative estimate of drug-likeness (QED) is 0.768. The number of para-hydroxylation sites is 1. The number of fused-ring (bicyclic) bond motifs is 1. The van der Waals surface area contributed by atoms with Gasteiger partial charge in [0, 0.05) is 0 Å². The van der Waals surface area contributed by atoms with E-state index in [1.54, 1.807) is 0 Å². The SMILES string of the molecule is Clc1cccc2c1OC(C1CC1)CN2. The number of halogens is 1. The Bertz CT molecular complexity index is 362. The van der Waals surface area contributed by atoms with Gasteiger partial charge in [-0.25, -0.2) is 0 Å². The van der Waals surface area contributed by atoms with E-state index >= 15 is 0 Å². The molecule has 74 valence electrons. The second-order valence-electron chi connectivity index (χ2n) is 3.99. The van der Waals surface area contributed by atoms with Crippen LogP contribution in [-0.2, 0) is 0 Å². The van der Waals surface area contributed by atoms with Crippen LogP contribution in [0.1, 0.15) is 12.8 Å². The van der Waals surface area contributed by atoms with Crippen LogP contribution in [0.2, 0.25) is 5.02 Å². The number of nitrogens with one attached hydrogen (secondary N) is 1. The molecule has 0 saturated heterocycles. The second kappa shape index (κ2) is 3.06. The van der Waals surface area contributed by atoms with E-state index in [0.717, 1.165) is 23.9 Å². The maximum absolute atomic E-state index is 6.07. The van der Waals surface area contributed by atoms with Crippen molar-refractivity contribution in [3.63, 3.8) is 0 Å². The monoisotopic (exact) mass is 209 g/mol. The third-order valence-electron chi connectivity index (χ3n) is 2.88. The maximum Gasteiger partial charge on any atom is 0.161 e. The summed E-state index contributed by atoms with van der Waals surface area (Å²) in [6, 6.07) is 5.82. The van der Waals surface area contributed by atoms with E-state index in [9.17, 15) is 0 Å². The molecule has 2 nitrogen and oxygen atoms in total. The lowest BCUT2D eigenvalue weighted by Gasteiger charge is -2.27. The zero-order chi connectivity index (χ0) is 9.54. The Balaban J connectivity index is 1.91. The minimum atomic E-state index is 0.322. The summed E-state index contributed by atoms with van der Waals surface area (Å²) >= 11 is 6.07. The molecule has 1 fully saturated rings. The van der Waals surface area contributed by atoms with E-state index in [2.05, 4.69) is 5.32 Å². The number of hydrogen-bond donors (Lipinski definition) is 1. The molecule has 1 saturated carbocycles. The fourth-order valence-corrected chi connectivity index (χ4v) is 2.12. The predicted octanol–water partition coefficient (Wildman–Crippen LogP) is 2.92. The molecule has 1 atom stereocenters. The normalized spacial score (nSPS) is 24.8. The van der Waals surface area contributed by atoms with E-state index < -0.39 is 0 Å². The fourth-order valence-electron chi connectivity index (χ4n) is 1.90. The Hall–Kier alpha value is -0.890. The molecule has 0 aromatic heterocycles. The van der Waals surface area contributed by atoms with Gasteiger partial charge in [-0.2, -0.15) is 0 Å². The lowest BCUT2D eigenvalue weighted by Crippen LogP contribution is -2.32. The molecule has 2 aliphatic rings. The molecule has 0 bridgehead atoms. The minimum absolute atomic E-state index is 0.322. The highest BCUT2D eigenvalue weighted by Gasteiger charge is 2.35. The molecule has 14 heavy (non-hydrogen) atoms. The van der Waals surface area contributed by atoms with Gasteiger partial charge in [-0.3, -0.25) is 0 Å². The Kier molecular flexibility index (Phi) is 1.84. The summed E-state index contributed by atoms with van der Waals surface area (Å²) in [5.41, 5.74) is 1.02. The van der Waals surface area contributed by atoms with E-state index in [1.165, 1.54) is 12.8 Å². The molecule has 0 radical (unpaired) electrons. The summed E-state index contributed by atoms with van der Waals surface area (Å²) in [4.78, 5) is 0. The van der Waals surface area contributed by atoms with Gasteiger partial charge in [0.15, 0.2) is 5.75 Å². The van der Waals surface area contributed by atoms with Crippen molar-refractivity contribution in [1.82, 2.24) is 0 Å². The van der Waals surface area contributed by atoms with Crippen LogP contribution in [-0.4, -0.2) is 12.6 Å². The Labute approximate surface area is 88.2 Å². The Morgan fingerprint density at radius 2 is 2.21 bits per heavy atom. The van der Waals surface area contributed by atoms with Gasteiger partial charge in [0.2, 0.25) is 0 Å². The van der Waals surface area contributed by atoms with Crippen molar-refractivity contribution in [3.05, 3.63) is 23.2 Å². The lowest BCUT2D eigenvalue weighted by molar-refractivity contribution is 0.183. The first-order chi connectivity index (χ1) is 6.84. The van der Waals surface area contributed by atoms with Gasteiger partial charge >= 0.3 is 0 Å². The second-order valence-corrected chi connectivity index (χ2v) is 4.40. The number of benzene rings is 1. The molecular formula is C11H12ClNO. The number of hydrogen-bond acceptors (Lipinski definition) is 2. The van der Waals surface area contributed by atoms with Gasteiger partial charge in [0.05, 0.1) is 17.3 Å². The van der Waals surface area contributed by atoms with Crippen LogP contribution < -0.4 is 10.1 Å². The molecule has 1 aromatic rings. The molecule has 1 aromatic carbocycles. The van der Waals surface area contributed by atoms with Gasteiger partial charge in [-0.1, -0.05) is 17.7 Å². The summed E-state index contributed by atoms with van der Waals surface area (Å²) in [6.45, 7) is 0.915. The summed E-state index contributed by atoms with van der Waals surface area (Å²) in [5.74, 6) is 1.57. The zero-order valence-corrected chi connectivity index (χ0v) is 8.55. The first kappa shape index (κ1) is 8.42. The van der Waals surface area contributed by atoms with Crippen molar-refractivity contribution in [2.75, 3.05) is 11.9 Å². The summed E-state index contributed by atoms with van der Waals surface area (Å²) in [5, 5.41) is 4.07. The van der Waals surface area contributed by atoms with Crippen molar-refractivity contribution in [2.45, 2.75) is 18.9 Å². The van der Waals surface area contributed by atoms with Crippen molar-refractivity contribution in [2.24, 2.45) is 5.92 Å². The fraction of sp³-hybridized carbons (Fsp3) is 0.455. The highest BCUT2D eigenvalue weighted by atomic mass is 35.5. The van der Waals surface area contributed by atoms with Crippen molar-refractivity contribution < 1.29 is 4.74 Å². The summed E-state index contributed by atoms with van der Waals surface area (Å²) in [6.07, 6.45) is 2.92. The number of anilines is 1. The van der Waals surface area contributed by atoms with Gasteiger partial charge in [0.25, 0.3) is 0 Å². The number of ether oxygens (including phenoxy) is 1. The molecule has 1 aliphatic carbocycles. The molecular weight excluding hydrogens is 198 g/mol. The number of rotatable bonds is 1. The van der Waals surface area contributed by atoms with Crippen LogP contribution in [0.15, 0.2) is 18.2 Å². The highest BCUT2D eigenvalue weighted by Crippen LogP contribution is 2.42. The van der Waals surface area contributed by atoms with Crippen LogP contribution in [0.25, 0.3) is 0 Å². The van der Waals surface area contributed by atoms with Crippen LogP contribution in [0.3, 0.4) is 0 Å². The summed E-state index contributed by atoms with van der Waals surface area (Å²) in [7, 11) is 0. The molecule has 0 amide bonds.